The third kappa shape index (κ3) is 1.26. The lowest BCUT2D eigenvalue weighted by atomic mass is 9.46. The molecule has 0 unspecified atom stereocenters. The summed E-state index contributed by atoms with van der Waals surface area (Å²) < 4.78 is 0. The number of ketones is 1. The molecule has 2 aromatic rings. The monoisotopic (exact) mass is 317 g/mol. The minimum atomic E-state index is -1.07. The van der Waals surface area contributed by atoms with Gasteiger partial charge in [0.1, 0.15) is 5.78 Å². The molecule has 1 aliphatic heterocycles. The van der Waals surface area contributed by atoms with Crippen LogP contribution in [-0.4, -0.2) is 17.6 Å². The highest BCUT2D eigenvalue weighted by Gasteiger charge is 2.67. The summed E-state index contributed by atoms with van der Waals surface area (Å²) in [4.78, 5) is 38.2. The average Bonchev–Trinajstić information content (AvgIpc) is 2.90. The van der Waals surface area contributed by atoms with Gasteiger partial charge in [0, 0.05) is 5.92 Å². The molecule has 1 saturated heterocycles. The van der Waals surface area contributed by atoms with Gasteiger partial charge < -0.3 is 0 Å². The van der Waals surface area contributed by atoms with Gasteiger partial charge in [-0.05, 0) is 29.2 Å². The minimum Gasteiger partial charge on any atom is -0.299 e. The quantitative estimate of drug-likeness (QED) is 0.817. The molecule has 2 amide bonds. The Kier molecular flexibility index (Phi) is 2.39. The second kappa shape index (κ2) is 4.20. The standard InChI is InChI=1S/C20H15NO3/c1-10(22)20-13-8-4-2-6-11(13)15(12-7-3-5-9-14(12)20)16-17(20)19(24)21-18(16)23/h2-9,15-17H,1H3,(H,21,23,24)/t15?,16-,17+,20?/m0/s1. The molecule has 6 rings (SSSR count). The second-order valence-corrected chi connectivity index (χ2v) is 6.87. The fraction of sp³-hybridized carbons (Fsp3) is 0.250. The number of carbonyl (C=O) groups is 3. The first-order valence-electron chi connectivity index (χ1n) is 8.13. The van der Waals surface area contributed by atoms with Crippen molar-refractivity contribution in [2.24, 2.45) is 11.8 Å². The van der Waals surface area contributed by atoms with Gasteiger partial charge in [0.15, 0.2) is 0 Å². The first-order chi connectivity index (χ1) is 11.6. The molecule has 4 nitrogen and oxygen atoms in total. The molecule has 1 fully saturated rings. The first-order valence-corrected chi connectivity index (χ1v) is 8.13. The van der Waals surface area contributed by atoms with E-state index in [1.165, 1.54) is 6.92 Å². The number of imide groups is 1. The van der Waals surface area contributed by atoms with Crippen molar-refractivity contribution in [1.82, 2.24) is 5.32 Å². The molecule has 0 radical (unpaired) electrons. The Morgan fingerprint density at radius 3 is 2.00 bits per heavy atom. The van der Waals surface area contributed by atoms with E-state index in [-0.39, 0.29) is 23.5 Å². The highest BCUT2D eigenvalue weighted by molar-refractivity contribution is 6.12. The molecule has 2 bridgehead atoms. The van der Waals surface area contributed by atoms with Gasteiger partial charge in [-0.1, -0.05) is 48.5 Å². The Bertz CT molecular complexity index is 898. The summed E-state index contributed by atoms with van der Waals surface area (Å²) in [5.74, 6) is -2.00. The van der Waals surface area contributed by atoms with Crippen LogP contribution in [0.3, 0.4) is 0 Å². The van der Waals surface area contributed by atoms with Gasteiger partial charge in [-0.3, -0.25) is 19.7 Å². The third-order valence-corrected chi connectivity index (χ3v) is 6.01. The molecule has 24 heavy (non-hydrogen) atoms. The molecule has 2 atom stereocenters. The second-order valence-electron chi connectivity index (χ2n) is 6.87. The van der Waals surface area contributed by atoms with Crippen LogP contribution in [-0.2, 0) is 19.8 Å². The number of carbonyl (C=O) groups excluding carboxylic acids is 3. The van der Waals surface area contributed by atoms with Gasteiger partial charge in [-0.25, -0.2) is 0 Å². The van der Waals surface area contributed by atoms with E-state index in [1.54, 1.807) is 0 Å². The molecule has 3 aliphatic carbocycles. The van der Waals surface area contributed by atoms with Crippen LogP contribution < -0.4 is 5.32 Å². The number of hydrogen-bond donors (Lipinski definition) is 1. The molecule has 0 aromatic heterocycles. The van der Waals surface area contributed by atoms with Gasteiger partial charge in [-0.2, -0.15) is 0 Å². The topological polar surface area (TPSA) is 63.2 Å². The minimum absolute atomic E-state index is 0.0830. The van der Waals surface area contributed by atoms with Crippen molar-refractivity contribution >= 4 is 17.6 Å². The van der Waals surface area contributed by atoms with E-state index in [0.717, 1.165) is 22.3 Å². The lowest BCUT2D eigenvalue weighted by Crippen LogP contribution is -2.57. The van der Waals surface area contributed by atoms with E-state index < -0.39 is 17.3 Å². The van der Waals surface area contributed by atoms with Crippen molar-refractivity contribution in [1.29, 1.82) is 0 Å². The molecule has 2 aromatic carbocycles. The summed E-state index contributed by atoms with van der Waals surface area (Å²) in [6, 6.07) is 15.5. The summed E-state index contributed by atoms with van der Waals surface area (Å²) in [5, 5.41) is 2.48. The Morgan fingerprint density at radius 1 is 0.917 bits per heavy atom. The number of Topliss-reactive ketones (excluding diaryl/α,β-unsaturated/α-hetero) is 1. The largest absolute Gasteiger partial charge is 0.299 e. The molecule has 0 saturated carbocycles. The van der Waals surface area contributed by atoms with Crippen molar-refractivity contribution in [3.63, 3.8) is 0 Å². The van der Waals surface area contributed by atoms with Gasteiger partial charge >= 0.3 is 0 Å². The maximum Gasteiger partial charge on any atom is 0.232 e. The van der Waals surface area contributed by atoms with E-state index >= 15 is 0 Å². The summed E-state index contributed by atoms with van der Waals surface area (Å²) in [5.41, 5.74) is 2.69. The van der Waals surface area contributed by atoms with Crippen molar-refractivity contribution < 1.29 is 14.4 Å². The van der Waals surface area contributed by atoms with E-state index in [0.29, 0.717) is 0 Å². The summed E-state index contributed by atoms with van der Waals surface area (Å²) >= 11 is 0. The van der Waals surface area contributed by atoms with Crippen molar-refractivity contribution in [2.45, 2.75) is 18.3 Å². The van der Waals surface area contributed by atoms with Crippen LogP contribution in [0.25, 0.3) is 0 Å². The van der Waals surface area contributed by atoms with E-state index in [2.05, 4.69) is 5.32 Å². The normalized spacial score (nSPS) is 32.0. The van der Waals surface area contributed by atoms with Gasteiger partial charge in [-0.15, -0.1) is 0 Å². The highest BCUT2D eigenvalue weighted by atomic mass is 16.2. The SMILES string of the molecule is CC(=O)C12c3ccccc3C(c3ccccc31)[C@@H]1C(=O)NC(=O)[C@@H]12. The molecule has 4 aliphatic rings. The number of amides is 2. The van der Waals surface area contributed by atoms with Crippen molar-refractivity contribution in [2.75, 3.05) is 0 Å². The maximum atomic E-state index is 13.0. The van der Waals surface area contributed by atoms with E-state index in [1.807, 2.05) is 48.5 Å². The molecule has 1 heterocycles. The summed E-state index contributed by atoms with van der Waals surface area (Å²) in [6.45, 7) is 1.53. The van der Waals surface area contributed by atoms with Crippen LogP contribution in [0.5, 0.6) is 0 Å². The smallest absolute Gasteiger partial charge is 0.232 e. The summed E-state index contributed by atoms with van der Waals surface area (Å²) in [7, 11) is 0. The molecule has 118 valence electrons. The summed E-state index contributed by atoms with van der Waals surface area (Å²) in [6.07, 6.45) is 0. The number of benzene rings is 2. The molecule has 1 N–H and O–H groups in total. The van der Waals surface area contributed by atoms with Crippen LogP contribution in [0.4, 0.5) is 0 Å². The van der Waals surface area contributed by atoms with Crippen LogP contribution in [0, 0.1) is 11.8 Å². The van der Waals surface area contributed by atoms with Crippen LogP contribution >= 0.6 is 0 Å². The van der Waals surface area contributed by atoms with Crippen molar-refractivity contribution in [3.05, 3.63) is 70.8 Å². The van der Waals surface area contributed by atoms with Gasteiger partial charge in [0.05, 0.1) is 17.3 Å². The van der Waals surface area contributed by atoms with Crippen LogP contribution in [0.15, 0.2) is 48.5 Å². The molecule has 0 spiro atoms. The van der Waals surface area contributed by atoms with E-state index in [9.17, 15) is 14.4 Å². The Labute approximate surface area is 138 Å². The Morgan fingerprint density at radius 2 is 1.46 bits per heavy atom. The third-order valence-electron chi connectivity index (χ3n) is 6.01. The lowest BCUT2D eigenvalue weighted by Gasteiger charge is -2.52. The Hall–Kier alpha value is -2.75. The predicted octanol–water partition coefficient (Wildman–Crippen LogP) is 1.91. The first kappa shape index (κ1) is 13.7. The lowest BCUT2D eigenvalue weighted by molar-refractivity contribution is -0.133. The maximum absolute atomic E-state index is 13.0. The zero-order valence-electron chi connectivity index (χ0n) is 13.1. The number of rotatable bonds is 1. The zero-order chi connectivity index (χ0) is 16.6. The molecular formula is C20H15NO3. The van der Waals surface area contributed by atoms with Gasteiger partial charge in [0.25, 0.3) is 0 Å². The average molecular weight is 317 g/mol. The van der Waals surface area contributed by atoms with Crippen molar-refractivity contribution in [3.8, 4) is 0 Å². The molecule has 4 heteroatoms. The van der Waals surface area contributed by atoms with Crippen LogP contribution in [0.1, 0.15) is 35.1 Å². The number of nitrogens with one attached hydrogen (secondary N) is 1. The fourth-order valence-corrected chi connectivity index (χ4v) is 5.29. The van der Waals surface area contributed by atoms with Crippen LogP contribution in [0.2, 0.25) is 0 Å². The predicted molar refractivity (Wildman–Crippen MR) is 86.3 cm³/mol. The Balaban J connectivity index is 1.99. The highest BCUT2D eigenvalue weighted by Crippen LogP contribution is 2.63. The van der Waals surface area contributed by atoms with E-state index in [4.69, 9.17) is 0 Å². The molecular weight excluding hydrogens is 302 g/mol. The zero-order valence-corrected chi connectivity index (χ0v) is 13.1. The number of hydrogen-bond acceptors (Lipinski definition) is 3. The van der Waals surface area contributed by atoms with Gasteiger partial charge in [0.2, 0.25) is 11.8 Å². The fourth-order valence-electron chi connectivity index (χ4n) is 5.29.